The maximum atomic E-state index is 12.3. The Labute approximate surface area is 125 Å². The van der Waals surface area contributed by atoms with Crippen LogP contribution in [-0.4, -0.2) is 26.6 Å². The van der Waals surface area contributed by atoms with Crippen molar-refractivity contribution in [3.05, 3.63) is 23.8 Å². The minimum absolute atomic E-state index is 0.106. The monoisotopic (exact) mass is 308 g/mol. The summed E-state index contributed by atoms with van der Waals surface area (Å²) in [6, 6.07) is 5.48. The van der Waals surface area contributed by atoms with Gasteiger partial charge in [0.25, 0.3) is 0 Å². The quantitative estimate of drug-likeness (QED) is 0.906. The molecule has 0 unspecified atom stereocenters. The van der Waals surface area contributed by atoms with Crippen molar-refractivity contribution >= 4 is 27.3 Å². The minimum Gasteiger partial charge on any atom is -0.312 e. The van der Waals surface area contributed by atoms with Crippen LogP contribution in [0.5, 0.6) is 0 Å². The first kappa shape index (κ1) is 14.4. The van der Waals surface area contributed by atoms with Gasteiger partial charge >= 0.3 is 0 Å². The molecule has 0 aromatic heterocycles. The van der Waals surface area contributed by atoms with Gasteiger partial charge in [-0.15, -0.1) is 0 Å². The number of carbonyl (C=O) groups is 1. The number of carbonyl (C=O) groups excluding carboxylic acids is 1. The summed E-state index contributed by atoms with van der Waals surface area (Å²) < 4.78 is 26.3. The van der Waals surface area contributed by atoms with Crippen molar-refractivity contribution in [2.75, 3.05) is 21.9 Å². The lowest BCUT2D eigenvalue weighted by Crippen LogP contribution is -2.30. The third kappa shape index (κ3) is 3.05. The Bertz CT molecular complexity index is 665. The van der Waals surface area contributed by atoms with E-state index in [1.807, 2.05) is 17.9 Å². The van der Waals surface area contributed by atoms with Crippen LogP contribution in [0, 0.1) is 5.92 Å². The lowest BCUT2D eigenvalue weighted by Gasteiger charge is -2.18. The van der Waals surface area contributed by atoms with Gasteiger partial charge in [-0.3, -0.25) is 9.52 Å². The van der Waals surface area contributed by atoms with Crippen molar-refractivity contribution in [2.45, 2.75) is 32.6 Å². The Morgan fingerprint density at radius 3 is 2.81 bits per heavy atom. The Balaban J connectivity index is 1.83. The zero-order chi connectivity index (χ0) is 15.0. The SMILES string of the molecule is CCCS(=O)(=O)Nc1ccc2c(c1)N(C(=O)C1CC1)CC2. The maximum absolute atomic E-state index is 12.3. The molecule has 2 aliphatic rings. The maximum Gasteiger partial charge on any atom is 0.232 e. The van der Waals surface area contributed by atoms with E-state index in [1.54, 1.807) is 12.1 Å². The van der Waals surface area contributed by atoms with Crippen LogP contribution in [-0.2, 0) is 21.2 Å². The molecular weight excluding hydrogens is 288 g/mol. The highest BCUT2D eigenvalue weighted by Crippen LogP contribution is 2.37. The van der Waals surface area contributed by atoms with E-state index in [4.69, 9.17) is 0 Å². The molecule has 21 heavy (non-hydrogen) atoms. The molecule has 0 radical (unpaired) electrons. The van der Waals surface area contributed by atoms with E-state index in [0.29, 0.717) is 18.7 Å². The molecule has 0 spiro atoms. The van der Waals surface area contributed by atoms with Crippen LogP contribution in [0.3, 0.4) is 0 Å². The van der Waals surface area contributed by atoms with Crippen LogP contribution in [0.4, 0.5) is 11.4 Å². The third-order valence-electron chi connectivity index (χ3n) is 3.92. The highest BCUT2D eigenvalue weighted by Gasteiger charge is 2.36. The molecule has 0 atom stereocenters. The Morgan fingerprint density at radius 1 is 1.38 bits per heavy atom. The first-order valence-corrected chi connectivity index (χ1v) is 9.10. The van der Waals surface area contributed by atoms with Gasteiger partial charge in [0, 0.05) is 18.2 Å². The lowest BCUT2D eigenvalue weighted by atomic mass is 10.1. The molecule has 1 aromatic rings. The second-order valence-corrected chi connectivity index (χ2v) is 7.62. The molecule has 0 bridgehead atoms. The molecular formula is C15H20N2O3S. The van der Waals surface area contributed by atoms with Gasteiger partial charge < -0.3 is 4.90 Å². The van der Waals surface area contributed by atoms with Gasteiger partial charge in [0.1, 0.15) is 0 Å². The summed E-state index contributed by atoms with van der Waals surface area (Å²) in [4.78, 5) is 14.1. The molecule has 1 fully saturated rings. The zero-order valence-corrected chi connectivity index (χ0v) is 12.9. The molecule has 114 valence electrons. The van der Waals surface area contributed by atoms with E-state index in [0.717, 1.165) is 30.5 Å². The minimum atomic E-state index is -3.30. The van der Waals surface area contributed by atoms with Gasteiger partial charge in [0.05, 0.1) is 11.4 Å². The third-order valence-corrected chi connectivity index (χ3v) is 5.41. The molecule has 1 aliphatic carbocycles. The predicted molar refractivity (Wildman–Crippen MR) is 82.9 cm³/mol. The van der Waals surface area contributed by atoms with E-state index in [2.05, 4.69) is 4.72 Å². The predicted octanol–water partition coefficient (Wildman–Crippen LogP) is 2.14. The summed E-state index contributed by atoms with van der Waals surface area (Å²) >= 11 is 0. The number of amides is 1. The van der Waals surface area contributed by atoms with Crippen LogP contribution in [0.1, 0.15) is 31.7 Å². The summed E-state index contributed by atoms with van der Waals surface area (Å²) in [7, 11) is -3.30. The van der Waals surface area contributed by atoms with Gasteiger partial charge in [-0.1, -0.05) is 13.0 Å². The van der Waals surface area contributed by atoms with Gasteiger partial charge in [-0.25, -0.2) is 8.42 Å². The number of hydrogen-bond acceptors (Lipinski definition) is 3. The summed E-state index contributed by atoms with van der Waals surface area (Å²) in [6.45, 7) is 2.54. The fourth-order valence-electron chi connectivity index (χ4n) is 2.72. The van der Waals surface area contributed by atoms with Gasteiger partial charge in [0.2, 0.25) is 15.9 Å². The standard InChI is InChI=1S/C15H20N2O3S/c1-2-9-21(19,20)16-13-6-5-11-7-8-17(14(11)10-13)15(18)12-3-4-12/h5-6,10,12,16H,2-4,7-9H2,1H3. The fourth-order valence-corrected chi connectivity index (χ4v) is 3.85. The van der Waals surface area contributed by atoms with Crippen molar-refractivity contribution in [2.24, 2.45) is 5.92 Å². The average molecular weight is 308 g/mol. The molecule has 1 aromatic carbocycles. The van der Waals surface area contributed by atoms with Crippen molar-refractivity contribution in [3.63, 3.8) is 0 Å². The molecule has 5 nitrogen and oxygen atoms in total. The first-order chi connectivity index (χ1) is 10.00. The van der Waals surface area contributed by atoms with E-state index < -0.39 is 10.0 Å². The number of fused-ring (bicyclic) bond motifs is 1. The number of rotatable bonds is 5. The van der Waals surface area contributed by atoms with Crippen LogP contribution >= 0.6 is 0 Å². The van der Waals surface area contributed by atoms with Gasteiger partial charge in [0.15, 0.2) is 0 Å². The van der Waals surface area contributed by atoms with Crippen LogP contribution < -0.4 is 9.62 Å². The number of benzene rings is 1. The van der Waals surface area contributed by atoms with Crippen molar-refractivity contribution in [1.29, 1.82) is 0 Å². The number of anilines is 2. The van der Waals surface area contributed by atoms with Crippen molar-refractivity contribution < 1.29 is 13.2 Å². The van der Waals surface area contributed by atoms with E-state index in [9.17, 15) is 13.2 Å². The number of hydrogen-bond donors (Lipinski definition) is 1. The molecule has 1 amide bonds. The first-order valence-electron chi connectivity index (χ1n) is 7.45. The second-order valence-electron chi connectivity index (χ2n) is 5.78. The zero-order valence-electron chi connectivity index (χ0n) is 12.1. The second kappa shape index (κ2) is 5.33. The average Bonchev–Trinajstić information content (AvgIpc) is 3.18. The highest BCUT2D eigenvalue weighted by molar-refractivity contribution is 7.92. The fraction of sp³-hybridized carbons (Fsp3) is 0.533. The van der Waals surface area contributed by atoms with E-state index >= 15 is 0 Å². The Morgan fingerprint density at radius 2 is 2.14 bits per heavy atom. The van der Waals surface area contributed by atoms with Crippen molar-refractivity contribution in [1.82, 2.24) is 0 Å². The summed E-state index contributed by atoms with van der Waals surface area (Å²) in [6.07, 6.45) is 3.38. The van der Waals surface area contributed by atoms with Crippen LogP contribution in [0.25, 0.3) is 0 Å². The normalized spacial score (nSPS) is 17.7. The van der Waals surface area contributed by atoms with Gasteiger partial charge in [-0.2, -0.15) is 0 Å². The summed E-state index contributed by atoms with van der Waals surface area (Å²) in [5.74, 6) is 0.466. The van der Waals surface area contributed by atoms with Crippen LogP contribution in [0.2, 0.25) is 0 Å². The van der Waals surface area contributed by atoms with E-state index in [-0.39, 0.29) is 17.6 Å². The van der Waals surface area contributed by atoms with Crippen LogP contribution in [0.15, 0.2) is 18.2 Å². The molecule has 1 saturated carbocycles. The molecule has 1 aliphatic heterocycles. The number of sulfonamides is 1. The summed E-state index contributed by atoms with van der Waals surface area (Å²) in [5, 5.41) is 0. The smallest absolute Gasteiger partial charge is 0.232 e. The molecule has 1 heterocycles. The van der Waals surface area contributed by atoms with Crippen molar-refractivity contribution in [3.8, 4) is 0 Å². The molecule has 0 saturated heterocycles. The van der Waals surface area contributed by atoms with E-state index in [1.165, 1.54) is 0 Å². The number of nitrogens with zero attached hydrogens (tertiary/aromatic N) is 1. The number of nitrogens with one attached hydrogen (secondary N) is 1. The largest absolute Gasteiger partial charge is 0.312 e. The Hall–Kier alpha value is -1.56. The molecule has 1 N–H and O–H groups in total. The lowest BCUT2D eigenvalue weighted by molar-refractivity contribution is -0.119. The topological polar surface area (TPSA) is 66.5 Å². The van der Waals surface area contributed by atoms with Gasteiger partial charge in [-0.05, 0) is 43.4 Å². The molecule has 3 rings (SSSR count). The molecule has 6 heteroatoms. The Kier molecular flexibility index (Phi) is 3.65. The highest BCUT2D eigenvalue weighted by atomic mass is 32.2. The summed E-state index contributed by atoms with van der Waals surface area (Å²) in [5.41, 5.74) is 2.52.